The molecule has 68 valence electrons. The molecule has 0 fully saturated rings. The summed E-state index contributed by atoms with van der Waals surface area (Å²) < 4.78 is 12.4. The third-order valence-corrected chi connectivity index (χ3v) is 1.74. The largest absolute Gasteiger partial charge is 1.00 e. The molecule has 1 atom stereocenters. The fraction of sp³-hybridized carbons (Fsp3) is 0.333. The first kappa shape index (κ1) is 11.4. The molecule has 0 radical (unpaired) electrons. The van der Waals surface area contributed by atoms with E-state index < -0.39 is 0 Å². The summed E-state index contributed by atoms with van der Waals surface area (Å²) in [6.45, 7) is 2.01. The molecule has 0 amide bonds. The molecule has 0 aliphatic rings. The average molecular weight is 189 g/mol. The molecule has 0 aliphatic carbocycles. The van der Waals surface area contributed by atoms with Crippen LogP contribution in [-0.2, 0) is 0 Å². The fourth-order valence-electron chi connectivity index (χ4n) is 0.946. The van der Waals surface area contributed by atoms with Gasteiger partial charge in [0.1, 0.15) is 5.82 Å². The van der Waals surface area contributed by atoms with Crippen LogP contribution in [0, 0.1) is 5.82 Å². The molecule has 0 heterocycles. The maximum Gasteiger partial charge on any atom is 0.123 e. The molecule has 12 heavy (non-hydrogen) atoms. The maximum absolute atomic E-state index is 12.4. The summed E-state index contributed by atoms with van der Waals surface area (Å²) in [6.07, 6.45) is 0.881. The highest BCUT2D eigenvalue weighted by Crippen LogP contribution is 2.13. The van der Waals surface area contributed by atoms with Gasteiger partial charge in [0.2, 0.25) is 0 Å². The molecule has 0 spiro atoms. The Bertz CT molecular complexity index is 222. The van der Waals surface area contributed by atoms with E-state index >= 15 is 0 Å². The molecule has 0 aromatic heterocycles. The third-order valence-electron chi connectivity index (χ3n) is 1.74. The van der Waals surface area contributed by atoms with Gasteiger partial charge in [-0.05, 0) is 24.1 Å². The molecule has 0 bridgehead atoms. The SMILES string of the molecule is CCC(N)c1ccc(F)cc1.[Cl-]. The van der Waals surface area contributed by atoms with Crippen molar-refractivity contribution in [3.8, 4) is 0 Å². The van der Waals surface area contributed by atoms with Gasteiger partial charge in [-0.15, -0.1) is 0 Å². The molecule has 1 rings (SSSR count). The Morgan fingerprint density at radius 2 is 1.83 bits per heavy atom. The van der Waals surface area contributed by atoms with Crippen molar-refractivity contribution < 1.29 is 16.8 Å². The quantitative estimate of drug-likeness (QED) is 0.649. The molecule has 1 aromatic rings. The van der Waals surface area contributed by atoms with Crippen molar-refractivity contribution in [1.29, 1.82) is 0 Å². The third kappa shape index (κ3) is 2.80. The highest BCUT2D eigenvalue weighted by Gasteiger charge is 2.01. The Morgan fingerprint density at radius 1 is 1.33 bits per heavy atom. The first-order chi connectivity index (χ1) is 5.24. The van der Waals surface area contributed by atoms with Gasteiger partial charge in [0.15, 0.2) is 0 Å². The van der Waals surface area contributed by atoms with Gasteiger partial charge in [-0.25, -0.2) is 4.39 Å². The highest BCUT2D eigenvalue weighted by molar-refractivity contribution is 5.19. The van der Waals surface area contributed by atoms with Gasteiger partial charge in [-0.3, -0.25) is 0 Å². The first-order valence-corrected chi connectivity index (χ1v) is 3.75. The van der Waals surface area contributed by atoms with Gasteiger partial charge in [0.25, 0.3) is 0 Å². The number of benzene rings is 1. The Hall–Kier alpha value is -0.600. The molecule has 1 unspecified atom stereocenters. The molecule has 0 saturated heterocycles. The topological polar surface area (TPSA) is 26.0 Å². The molecular formula is C9H12ClFN-. The van der Waals surface area contributed by atoms with Gasteiger partial charge in [0, 0.05) is 6.04 Å². The molecule has 1 nitrogen and oxygen atoms in total. The average Bonchev–Trinajstić information content (AvgIpc) is 2.05. The van der Waals surface area contributed by atoms with Crippen LogP contribution in [0.2, 0.25) is 0 Å². The predicted octanol–water partition coefficient (Wildman–Crippen LogP) is -0.760. The van der Waals surface area contributed by atoms with Gasteiger partial charge in [0.05, 0.1) is 0 Å². The zero-order valence-corrected chi connectivity index (χ0v) is 7.68. The van der Waals surface area contributed by atoms with E-state index in [2.05, 4.69) is 0 Å². The van der Waals surface area contributed by atoms with Crippen LogP contribution in [0.4, 0.5) is 4.39 Å². The maximum atomic E-state index is 12.4. The second-order valence-electron chi connectivity index (χ2n) is 2.57. The van der Waals surface area contributed by atoms with E-state index in [0.29, 0.717) is 0 Å². The highest BCUT2D eigenvalue weighted by atomic mass is 35.5. The Kier molecular flexibility index (Phi) is 4.86. The van der Waals surface area contributed by atoms with Crippen LogP contribution < -0.4 is 18.1 Å². The van der Waals surface area contributed by atoms with Crippen molar-refractivity contribution in [2.45, 2.75) is 19.4 Å². The number of rotatable bonds is 2. The fourth-order valence-corrected chi connectivity index (χ4v) is 0.946. The van der Waals surface area contributed by atoms with Gasteiger partial charge in [-0.1, -0.05) is 19.1 Å². The summed E-state index contributed by atoms with van der Waals surface area (Å²) in [6, 6.07) is 6.36. The van der Waals surface area contributed by atoms with Crippen molar-refractivity contribution in [3.05, 3.63) is 35.6 Å². The monoisotopic (exact) mass is 188 g/mol. The normalized spacial score (nSPS) is 11.9. The van der Waals surface area contributed by atoms with Crippen molar-refractivity contribution in [1.82, 2.24) is 0 Å². The van der Waals surface area contributed by atoms with Crippen LogP contribution in [-0.4, -0.2) is 0 Å². The number of hydrogen-bond acceptors (Lipinski definition) is 1. The first-order valence-electron chi connectivity index (χ1n) is 3.75. The van der Waals surface area contributed by atoms with E-state index in [1.54, 1.807) is 12.1 Å². The predicted molar refractivity (Wildman–Crippen MR) is 43.6 cm³/mol. The second kappa shape index (κ2) is 5.12. The standard InChI is InChI=1S/C9H12FN.ClH/c1-2-9(11)7-3-5-8(10)6-4-7;/h3-6,9H,2,11H2,1H3;1H/p-1. The van der Waals surface area contributed by atoms with Crippen LogP contribution in [0.25, 0.3) is 0 Å². The zero-order valence-electron chi connectivity index (χ0n) is 6.93. The van der Waals surface area contributed by atoms with Crippen LogP contribution in [0.15, 0.2) is 24.3 Å². The molecular weight excluding hydrogens is 177 g/mol. The van der Waals surface area contributed by atoms with E-state index in [1.165, 1.54) is 12.1 Å². The molecule has 0 aliphatic heterocycles. The van der Waals surface area contributed by atoms with Crippen molar-refractivity contribution in [3.63, 3.8) is 0 Å². The Morgan fingerprint density at radius 3 is 2.25 bits per heavy atom. The number of halogens is 2. The smallest absolute Gasteiger partial charge is 0.123 e. The summed E-state index contributed by atoms with van der Waals surface area (Å²) in [5, 5.41) is 0. The Balaban J connectivity index is 0.00000121. The molecule has 0 saturated carbocycles. The molecule has 1 aromatic carbocycles. The van der Waals surface area contributed by atoms with E-state index in [1.807, 2.05) is 6.92 Å². The van der Waals surface area contributed by atoms with Crippen molar-refractivity contribution in [2.24, 2.45) is 5.73 Å². The lowest BCUT2D eigenvalue weighted by Gasteiger charge is -2.07. The van der Waals surface area contributed by atoms with Crippen LogP contribution in [0.1, 0.15) is 24.9 Å². The van der Waals surface area contributed by atoms with Crippen molar-refractivity contribution >= 4 is 0 Å². The summed E-state index contributed by atoms with van der Waals surface area (Å²) >= 11 is 0. The summed E-state index contributed by atoms with van der Waals surface area (Å²) in [5.41, 5.74) is 6.72. The summed E-state index contributed by atoms with van der Waals surface area (Å²) in [7, 11) is 0. The summed E-state index contributed by atoms with van der Waals surface area (Å²) in [4.78, 5) is 0. The van der Waals surface area contributed by atoms with Gasteiger partial charge in [-0.2, -0.15) is 0 Å². The molecule has 3 heteroatoms. The minimum Gasteiger partial charge on any atom is -1.00 e. The minimum atomic E-state index is -0.211. The van der Waals surface area contributed by atoms with Gasteiger partial charge >= 0.3 is 0 Å². The lowest BCUT2D eigenvalue weighted by molar-refractivity contribution is -0.00000304. The number of nitrogens with two attached hydrogens (primary N) is 1. The van der Waals surface area contributed by atoms with E-state index in [9.17, 15) is 4.39 Å². The van der Waals surface area contributed by atoms with Crippen LogP contribution in [0.3, 0.4) is 0 Å². The van der Waals surface area contributed by atoms with Crippen molar-refractivity contribution in [2.75, 3.05) is 0 Å². The zero-order chi connectivity index (χ0) is 8.27. The van der Waals surface area contributed by atoms with E-state index in [4.69, 9.17) is 5.73 Å². The van der Waals surface area contributed by atoms with E-state index in [-0.39, 0.29) is 24.3 Å². The lowest BCUT2D eigenvalue weighted by atomic mass is 10.1. The minimum absolute atomic E-state index is 0. The Labute approximate surface area is 78.2 Å². The molecule has 2 N–H and O–H groups in total. The van der Waals surface area contributed by atoms with Crippen LogP contribution in [0.5, 0.6) is 0 Å². The summed E-state index contributed by atoms with van der Waals surface area (Å²) in [5.74, 6) is -0.211. The lowest BCUT2D eigenvalue weighted by Crippen LogP contribution is -3.00. The van der Waals surface area contributed by atoms with Gasteiger partial charge < -0.3 is 18.1 Å². The number of hydrogen-bond donors (Lipinski definition) is 1. The van der Waals surface area contributed by atoms with Crippen LogP contribution >= 0.6 is 0 Å². The second-order valence-corrected chi connectivity index (χ2v) is 2.57. The van der Waals surface area contributed by atoms with E-state index in [0.717, 1.165) is 12.0 Å².